The third-order valence-corrected chi connectivity index (χ3v) is 5.37. The molecule has 0 saturated carbocycles. The van der Waals surface area contributed by atoms with E-state index in [4.69, 9.17) is 9.26 Å². The Hall–Kier alpha value is -3.13. The van der Waals surface area contributed by atoms with Gasteiger partial charge in [-0.05, 0) is 38.5 Å². The lowest BCUT2D eigenvalue weighted by molar-refractivity contribution is -0.129. The predicted molar refractivity (Wildman–Crippen MR) is 113 cm³/mol. The molecule has 0 aliphatic rings. The van der Waals surface area contributed by atoms with Gasteiger partial charge < -0.3 is 14.6 Å². The molecule has 2 aromatic heterocycles. The largest absolute Gasteiger partial charge is 0.449 e. The van der Waals surface area contributed by atoms with Crippen molar-refractivity contribution in [3.05, 3.63) is 77.3 Å². The molecule has 2 atom stereocenters. The maximum Gasteiger partial charge on any atom is 0.341 e. The van der Waals surface area contributed by atoms with E-state index in [2.05, 4.69) is 15.5 Å². The molecular formula is C22H23N3O4S. The second-order valence-corrected chi connectivity index (χ2v) is 7.73. The van der Waals surface area contributed by atoms with Crippen LogP contribution in [0.1, 0.15) is 47.3 Å². The fraction of sp³-hybridized carbons (Fsp3) is 0.273. The van der Waals surface area contributed by atoms with Crippen LogP contribution < -0.4 is 5.32 Å². The number of aryl methyl sites for hydroxylation is 1. The number of benzene rings is 1. The van der Waals surface area contributed by atoms with Crippen molar-refractivity contribution in [2.75, 3.05) is 0 Å². The predicted octanol–water partition coefficient (Wildman–Crippen LogP) is 4.09. The Kier molecular flexibility index (Phi) is 7.24. The summed E-state index contributed by atoms with van der Waals surface area (Å²) in [6, 6.07) is 14.5. The number of amides is 1. The van der Waals surface area contributed by atoms with Crippen LogP contribution in [0.2, 0.25) is 0 Å². The number of pyridine rings is 1. The summed E-state index contributed by atoms with van der Waals surface area (Å²) >= 11 is 1.35. The topological polar surface area (TPSA) is 94.3 Å². The van der Waals surface area contributed by atoms with Crippen LogP contribution in [0.5, 0.6) is 0 Å². The molecule has 156 valence electrons. The average Bonchev–Trinajstić information content (AvgIpc) is 3.18. The number of carbonyl (C=O) groups excluding carboxylic acids is 2. The second-order valence-electron chi connectivity index (χ2n) is 6.76. The van der Waals surface area contributed by atoms with Gasteiger partial charge in [0.1, 0.15) is 10.8 Å². The van der Waals surface area contributed by atoms with Crippen molar-refractivity contribution in [2.24, 2.45) is 0 Å². The summed E-state index contributed by atoms with van der Waals surface area (Å²) in [6.07, 6.45) is 0.657. The van der Waals surface area contributed by atoms with E-state index >= 15 is 0 Å². The maximum absolute atomic E-state index is 12.7. The van der Waals surface area contributed by atoms with Crippen LogP contribution >= 0.6 is 11.8 Å². The Morgan fingerprint density at radius 2 is 1.93 bits per heavy atom. The van der Waals surface area contributed by atoms with Gasteiger partial charge in [-0.15, -0.1) is 0 Å². The smallest absolute Gasteiger partial charge is 0.341 e. The van der Waals surface area contributed by atoms with E-state index in [0.717, 1.165) is 17.0 Å². The van der Waals surface area contributed by atoms with Crippen molar-refractivity contribution >= 4 is 23.6 Å². The fourth-order valence-electron chi connectivity index (χ4n) is 2.72. The average molecular weight is 426 g/mol. The van der Waals surface area contributed by atoms with E-state index in [0.29, 0.717) is 16.3 Å². The summed E-state index contributed by atoms with van der Waals surface area (Å²) in [6.45, 7) is 5.24. The zero-order valence-electron chi connectivity index (χ0n) is 17.0. The minimum atomic E-state index is -0.945. The standard InChI is InChI=1S/C22H23N3O4S/c1-14-12-18(25-29-14)13-30-21-19(10-7-11-23-21)22(27)28-16(3)20(26)24-15(2)17-8-5-4-6-9-17/h4-12,15-16H,13H2,1-3H3,(H,24,26). The van der Waals surface area contributed by atoms with Gasteiger partial charge in [-0.1, -0.05) is 47.3 Å². The van der Waals surface area contributed by atoms with E-state index in [9.17, 15) is 9.59 Å². The number of nitrogens with one attached hydrogen (secondary N) is 1. The van der Waals surface area contributed by atoms with E-state index < -0.39 is 12.1 Å². The van der Waals surface area contributed by atoms with Crippen LogP contribution in [0.15, 0.2) is 64.3 Å². The van der Waals surface area contributed by atoms with Crippen LogP contribution in [-0.2, 0) is 15.3 Å². The first-order valence-electron chi connectivity index (χ1n) is 9.50. The zero-order valence-corrected chi connectivity index (χ0v) is 17.8. The molecule has 0 aliphatic heterocycles. The van der Waals surface area contributed by atoms with Crippen LogP contribution in [0.25, 0.3) is 0 Å². The maximum atomic E-state index is 12.7. The molecule has 8 heteroatoms. The number of rotatable bonds is 8. The molecule has 3 aromatic rings. The Balaban J connectivity index is 1.60. The van der Waals surface area contributed by atoms with E-state index in [1.165, 1.54) is 11.8 Å². The van der Waals surface area contributed by atoms with Gasteiger partial charge in [0.15, 0.2) is 6.10 Å². The van der Waals surface area contributed by atoms with Gasteiger partial charge in [-0.25, -0.2) is 9.78 Å². The van der Waals surface area contributed by atoms with Gasteiger partial charge in [0, 0.05) is 18.0 Å². The van der Waals surface area contributed by atoms with Gasteiger partial charge in [0.25, 0.3) is 5.91 Å². The molecule has 3 rings (SSSR count). The van der Waals surface area contributed by atoms with Crippen LogP contribution in [0.4, 0.5) is 0 Å². The highest BCUT2D eigenvalue weighted by molar-refractivity contribution is 7.98. The number of aromatic nitrogens is 2. The van der Waals surface area contributed by atoms with Gasteiger partial charge in [0.2, 0.25) is 0 Å². The first-order chi connectivity index (χ1) is 14.4. The monoisotopic (exact) mass is 425 g/mol. The van der Waals surface area contributed by atoms with Gasteiger partial charge in [-0.3, -0.25) is 4.79 Å². The minimum Gasteiger partial charge on any atom is -0.449 e. The number of esters is 1. The molecule has 2 unspecified atom stereocenters. The first-order valence-corrected chi connectivity index (χ1v) is 10.5. The minimum absolute atomic E-state index is 0.199. The van der Waals surface area contributed by atoms with Crippen LogP contribution in [-0.4, -0.2) is 28.1 Å². The first kappa shape index (κ1) is 21.6. The van der Waals surface area contributed by atoms with Crippen molar-refractivity contribution < 1.29 is 18.8 Å². The summed E-state index contributed by atoms with van der Waals surface area (Å²) < 4.78 is 10.4. The van der Waals surface area contributed by atoms with Gasteiger partial charge in [0.05, 0.1) is 17.3 Å². The quantitative estimate of drug-likeness (QED) is 0.429. The summed E-state index contributed by atoms with van der Waals surface area (Å²) in [5.41, 5.74) is 2.03. The highest BCUT2D eigenvalue weighted by Gasteiger charge is 2.23. The molecule has 0 radical (unpaired) electrons. The number of carbonyl (C=O) groups is 2. The Morgan fingerprint density at radius 1 is 1.17 bits per heavy atom. The zero-order chi connectivity index (χ0) is 21.5. The van der Waals surface area contributed by atoms with Crippen molar-refractivity contribution in [3.8, 4) is 0 Å². The summed E-state index contributed by atoms with van der Waals surface area (Å²) in [5.74, 6) is 0.253. The lowest BCUT2D eigenvalue weighted by atomic mass is 10.1. The van der Waals surface area contributed by atoms with Crippen molar-refractivity contribution in [3.63, 3.8) is 0 Å². The molecule has 30 heavy (non-hydrogen) atoms. The number of ether oxygens (including phenoxy) is 1. The lowest BCUT2D eigenvalue weighted by Gasteiger charge is -2.18. The third kappa shape index (κ3) is 5.70. The Labute approximate surface area is 179 Å². The second kappa shape index (κ2) is 10.1. The molecular weight excluding hydrogens is 402 g/mol. The Bertz CT molecular complexity index is 1010. The summed E-state index contributed by atoms with van der Waals surface area (Å²) in [4.78, 5) is 29.4. The van der Waals surface area contributed by atoms with E-state index in [1.807, 2.05) is 50.2 Å². The van der Waals surface area contributed by atoms with Gasteiger partial charge in [-0.2, -0.15) is 0 Å². The van der Waals surface area contributed by atoms with E-state index in [-0.39, 0.29) is 11.9 Å². The van der Waals surface area contributed by atoms with Gasteiger partial charge >= 0.3 is 5.97 Å². The molecule has 1 amide bonds. The number of hydrogen-bond acceptors (Lipinski definition) is 7. The fourth-order valence-corrected chi connectivity index (χ4v) is 3.59. The summed E-state index contributed by atoms with van der Waals surface area (Å²) in [7, 11) is 0. The van der Waals surface area contributed by atoms with Crippen LogP contribution in [0, 0.1) is 6.92 Å². The molecule has 2 heterocycles. The number of nitrogens with zero attached hydrogens (tertiary/aromatic N) is 2. The molecule has 0 saturated heterocycles. The molecule has 0 spiro atoms. The van der Waals surface area contributed by atoms with Crippen molar-refractivity contribution in [1.82, 2.24) is 15.5 Å². The molecule has 0 aliphatic carbocycles. The Morgan fingerprint density at radius 3 is 2.63 bits per heavy atom. The normalized spacial score (nSPS) is 12.8. The van der Waals surface area contributed by atoms with Crippen molar-refractivity contribution in [1.29, 1.82) is 0 Å². The van der Waals surface area contributed by atoms with E-state index in [1.54, 1.807) is 25.3 Å². The highest BCUT2D eigenvalue weighted by Crippen LogP contribution is 2.25. The summed E-state index contributed by atoms with van der Waals surface area (Å²) in [5, 5.41) is 7.31. The lowest BCUT2D eigenvalue weighted by Crippen LogP contribution is -2.37. The number of thioether (sulfide) groups is 1. The molecule has 0 fully saturated rings. The molecule has 1 N–H and O–H groups in total. The van der Waals surface area contributed by atoms with Crippen LogP contribution in [0.3, 0.4) is 0 Å². The number of hydrogen-bond donors (Lipinski definition) is 1. The van der Waals surface area contributed by atoms with Crippen molar-refractivity contribution in [2.45, 2.75) is 43.7 Å². The molecule has 1 aromatic carbocycles. The SMILES string of the molecule is Cc1cc(CSc2ncccc2C(=O)OC(C)C(=O)NC(C)c2ccccc2)no1. The third-order valence-electron chi connectivity index (χ3n) is 4.34. The molecule has 0 bridgehead atoms. The molecule has 7 nitrogen and oxygen atoms in total. The highest BCUT2D eigenvalue weighted by atomic mass is 32.2.